The molecule has 40 heavy (non-hydrogen) atoms. The molecule has 210 valence electrons. The second-order valence-electron chi connectivity index (χ2n) is 9.22. The highest BCUT2D eigenvalue weighted by molar-refractivity contribution is 5.77. The Morgan fingerprint density at radius 1 is 1.07 bits per heavy atom. The van der Waals surface area contributed by atoms with Crippen molar-refractivity contribution in [2.75, 3.05) is 54.7 Å². The number of hydrogen-bond donors (Lipinski definition) is 2. The number of hydrazine groups is 1. The van der Waals surface area contributed by atoms with Crippen LogP contribution in [0.25, 0.3) is 6.08 Å². The number of nitrogens with zero attached hydrogens (tertiary/aromatic N) is 6. The van der Waals surface area contributed by atoms with Gasteiger partial charge in [0.15, 0.2) is 11.6 Å². The standard InChI is InChI=1S/C27H28F4N8O/c28-23-18-33-26(36-25(23)38-11-13-40-14-12-38)37-34-17-21-7-5-20(16-32-21)4-1-3-19-6-8-24(39-10-2-9-35-39)22(15-19)27(29,30)31/h1,4-8,15-18,35H,2-3,9-14H2,(H,33,36,37)/b4-1?,34-17+. The van der Waals surface area contributed by atoms with E-state index in [1.165, 1.54) is 18.3 Å². The van der Waals surface area contributed by atoms with Crippen LogP contribution in [0, 0.1) is 5.82 Å². The van der Waals surface area contributed by atoms with Gasteiger partial charge in [-0.3, -0.25) is 4.98 Å². The summed E-state index contributed by atoms with van der Waals surface area (Å²) < 4.78 is 60.5. The Bertz CT molecular complexity index is 1350. The number of hydrazone groups is 1. The van der Waals surface area contributed by atoms with Gasteiger partial charge in [-0.2, -0.15) is 23.3 Å². The summed E-state index contributed by atoms with van der Waals surface area (Å²) in [6, 6.07) is 8.01. The fourth-order valence-corrected chi connectivity index (χ4v) is 4.40. The fourth-order valence-electron chi connectivity index (χ4n) is 4.40. The van der Waals surface area contributed by atoms with Gasteiger partial charge in [0.1, 0.15) is 0 Å². The highest BCUT2D eigenvalue weighted by Gasteiger charge is 2.35. The molecule has 0 atom stereocenters. The van der Waals surface area contributed by atoms with E-state index >= 15 is 0 Å². The number of allylic oxidation sites excluding steroid dienone is 1. The molecular formula is C27H28F4N8O. The first kappa shape index (κ1) is 27.5. The highest BCUT2D eigenvalue weighted by Crippen LogP contribution is 2.37. The van der Waals surface area contributed by atoms with Crippen molar-refractivity contribution in [1.29, 1.82) is 0 Å². The SMILES string of the molecule is Fc1cnc(N/N=C/c2ccc(C=CCc3ccc(N4CCCN4)c(C(F)(F)F)c3)cn2)nc1N1CCOCC1. The minimum atomic E-state index is -4.44. The molecule has 9 nitrogen and oxygen atoms in total. The lowest BCUT2D eigenvalue weighted by molar-refractivity contribution is -0.137. The Balaban J connectivity index is 1.17. The van der Waals surface area contributed by atoms with Crippen molar-refractivity contribution in [3.63, 3.8) is 0 Å². The molecule has 2 aromatic heterocycles. The summed E-state index contributed by atoms with van der Waals surface area (Å²) in [5.74, 6) is -0.171. The van der Waals surface area contributed by atoms with Crippen LogP contribution in [0.2, 0.25) is 0 Å². The second-order valence-corrected chi connectivity index (χ2v) is 9.22. The molecule has 13 heteroatoms. The second kappa shape index (κ2) is 12.4. The third-order valence-electron chi connectivity index (χ3n) is 6.39. The summed E-state index contributed by atoms with van der Waals surface area (Å²) in [7, 11) is 0. The quantitative estimate of drug-likeness (QED) is 0.242. The van der Waals surface area contributed by atoms with Crippen LogP contribution in [0.4, 0.5) is 35.0 Å². The summed E-state index contributed by atoms with van der Waals surface area (Å²) in [5, 5.41) is 5.64. The van der Waals surface area contributed by atoms with Gasteiger partial charge in [0.2, 0.25) is 5.95 Å². The van der Waals surface area contributed by atoms with Crippen molar-refractivity contribution in [1.82, 2.24) is 20.4 Å². The van der Waals surface area contributed by atoms with E-state index in [0.29, 0.717) is 57.1 Å². The Morgan fingerprint density at radius 3 is 2.65 bits per heavy atom. The fraction of sp³-hybridized carbons (Fsp3) is 0.333. The molecule has 0 radical (unpaired) electrons. The summed E-state index contributed by atoms with van der Waals surface area (Å²) in [5.41, 5.74) is 7.09. The molecule has 5 rings (SSSR count). The first-order valence-corrected chi connectivity index (χ1v) is 12.8. The van der Waals surface area contributed by atoms with Crippen LogP contribution in [-0.4, -0.2) is 60.6 Å². The average Bonchev–Trinajstić information content (AvgIpc) is 3.50. The minimum absolute atomic E-state index is 0.150. The van der Waals surface area contributed by atoms with E-state index in [1.807, 2.05) is 6.07 Å². The number of hydrogen-bond acceptors (Lipinski definition) is 9. The van der Waals surface area contributed by atoms with Gasteiger partial charge in [-0.05, 0) is 42.2 Å². The monoisotopic (exact) mass is 556 g/mol. The summed E-state index contributed by atoms with van der Waals surface area (Å²) in [4.78, 5) is 14.2. The van der Waals surface area contributed by atoms with Crippen LogP contribution < -0.4 is 20.8 Å². The Kier molecular flexibility index (Phi) is 8.51. The van der Waals surface area contributed by atoms with Crippen LogP contribution in [0.1, 0.15) is 28.8 Å². The molecule has 2 N–H and O–H groups in total. The zero-order valence-electron chi connectivity index (χ0n) is 21.5. The lowest BCUT2D eigenvalue weighted by Gasteiger charge is -2.27. The summed E-state index contributed by atoms with van der Waals surface area (Å²) >= 11 is 0. The maximum absolute atomic E-state index is 14.2. The van der Waals surface area contributed by atoms with E-state index in [-0.39, 0.29) is 17.5 Å². The number of morpholine rings is 1. The average molecular weight is 557 g/mol. The highest BCUT2D eigenvalue weighted by atomic mass is 19.4. The molecule has 1 aromatic carbocycles. The molecule has 2 saturated heterocycles. The van der Waals surface area contributed by atoms with E-state index in [2.05, 4.69) is 30.9 Å². The number of rotatable bonds is 8. The number of pyridine rings is 1. The van der Waals surface area contributed by atoms with E-state index in [4.69, 9.17) is 4.74 Å². The lowest BCUT2D eigenvalue weighted by atomic mass is 10.0. The van der Waals surface area contributed by atoms with Crippen molar-refractivity contribution >= 4 is 29.7 Å². The van der Waals surface area contributed by atoms with Crippen LogP contribution in [-0.2, 0) is 17.3 Å². The molecule has 2 fully saturated rings. The molecule has 0 spiro atoms. The summed E-state index contributed by atoms with van der Waals surface area (Å²) in [6.07, 6.45) is 4.50. The molecule has 0 amide bonds. The van der Waals surface area contributed by atoms with Crippen molar-refractivity contribution in [3.8, 4) is 0 Å². The zero-order valence-corrected chi connectivity index (χ0v) is 21.5. The Labute approximate surface area is 228 Å². The molecule has 2 aliphatic rings. The molecule has 3 aromatic rings. The minimum Gasteiger partial charge on any atom is -0.378 e. The number of benzene rings is 1. The van der Waals surface area contributed by atoms with Crippen LogP contribution >= 0.6 is 0 Å². The van der Waals surface area contributed by atoms with Crippen LogP contribution in [0.3, 0.4) is 0 Å². The number of alkyl halides is 3. The van der Waals surface area contributed by atoms with Gasteiger partial charge in [0.25, 0.3) is 0 Å². The maximum atomic E-state index is 14.2. The number of nitrogens with one attached hydrogen (secondary N) is 2. The third-order valence-corrected chi connectivity index (χ3v) is 6.39. The number of halogens is 4. The normalized spacial score (nSPS) is 16.4. The van der Waals surface area contributed by atoms with E-state index < -0.39 is 17.6 Å². The predicted octanol–water partition coefficient (Wildman–Crippen LogP) is 4.28. The van der Waals surface area contributed by atoms with E-state index in [0.717, 1.165) is 18.2 Å². The van der Waals surface area contributed by atoms with Crippen molar-refractivity contribution < 1.29 is 22.3 Å². The molecule has 4 heterocycles. The Hall–Kier alpha value is -4.10. The molecular weight excluding hydrogens is 528 g/mol. The predicted molar refractivity (Wildman–Crippen MR) is 145 cm³/mol. The number of aromatic nitrogens is 3. The third kappa shape index (κ3) is 6.90. The Morgan fingerprint density at radius 2 is 1.93 bits per heavy atom. The van der Waals surface area contributed by atoms with Gasteiger partial charge in [-0.15, -0.1) is 0 Å². The van der Waals surface area contributed by atoms with Gasteiger partial charge >= 0.3 is 6.18 Å². The smallest absolute Gasteiger partial charge is 0.378 e. The van der Waals surface area contributed by atoms with Gasteiger partial charge < -0.3 is 14.6 Å². The first-order valence-electron chi connectivity index (χ1n) is 12.8. The topological polar surface area (TPSA) is 90.8 Å². The molecule has 0 bridgehead atoms. The first-order chi connectivity index (χ1) is 19.4. The van der Waals surface area contributed by atoms with E-state index in [9.17, 15) is 17.6 Å². The molecule has 2 aliphatic heterocycles. The number of ether oxygens (including phenoxy) is 1. The molecule has 0 saturated carbocycles. The van der Waals surface area contributed by atoms with Gasteiger partial charge in [0, 0.05) is 32.4 Å². The lowest BCUT2D eigenvalue weighted by Crippen LogP contribution is -2.37. The van der Waals surface area contributed by atoms with Gasteiger partial charge in [-0.25, -0.2) is 20.2 Å². The van der Waals surface area contributed by atoms with Crippen LogP contribution in [0.5, 0.6) is 0 Å². The molecule has 0 unspecified atom stereocenters. The van der Waals surface area contributed by atoms with Crippen molar-refractivity contribution in [2.45, 2.75) is 19.0 Å². The summed E-state index contributed by atoms with van der Waals surface area (Å²) in [6.45, 7) is 3.29. The van der Waals surface area contributed by atoms with Crippen LogP contribution in [0.15, 0.2) is 53.9 Å². The maximum Gasteiger partial charge on any atom is 0.418 e. The molecule has 0 aliphatic carbocycles. The van der Waals surface area contributed by atoms with Crippen molar-refractivity contribution in [2.24, 2.45) is 5.10 Å². The van der Waals surface area contributed by atoms with Gasteiger partial charge in [0.05, 0.1) is 42.6 Å². The van der Waals surface area contributed by atoms with Crippen molar-refractivity contribution in [3.05, 3.63) is 77.0 Å². The zero-order chi connectivity index (χ0) is 28.0. The van der Waals surface area contributed by atoms with Gasteiger partial charge in [-0.1, -0.05) is 24.3 Å². The largest absolute Gasteiger partial charge is 0.418 e. The van der Waals surface area contributed by atoms with E-state index in [1.54, 1.807) is 40.4 Å². The number of anilines is 3.